The highest BCUT2D eigenvalue weighted by Gasteiger charge is 2.33. The lowest BCUT2D eigenvalue weighted by molar-refractivity contribution is -0.137. The van der Waals surface area contributed by atoms with Crippen LogP contribution >= 0.6 is 0 Å². The van der Waals surface area contributed by atoms with E-state index in [1.165, 1.54) is 6.07 Å². The van der Waals surface area contributed by atoms with Gasteiger partial charge in [-0.3, -0.25) is 4.98 Å². The van der Waals surface area contributed by atoms with Gasteiger partial charge in [-0.2, -0.15) is 13.2 Å². The maximum Gasteiger partial charge on any atom is 0.416 e. The standard InChI is InChI=1S/C21H23F3N4O2/c22-21(23,24)16-3-4-19(27-10-12-30-13-11-27)17(14-16)26-20(29)28-9-1-2-18(28)15-5-7-25-8-6-15/h3-8,14,18H,1-2,9-13H2,(H,26,29)/t18-/m0/s1. The topological polar surface area (TPSA) is 57.7 Å². The normalized spacial score (nSPS) is 19.8. The van der Waals surface area contributed by atoms with Crippen molar-refractivity contribution in [2.24, 2.45) is 0 Å². The van der Waals surface area contributed by atoms with Crippen LogP contribution in [0.2, 0.25) is 0 Å². The number of nitrogens with zero attached hydrogens (tertiary/aromatic N) is 3. The van der Waals surface area contributed by atoms with E-state index in [1.54, 1.807) is 17.3 Å². The van der Waals surface area contributed by atoms with Gasteiger partial charge in [-0.25, -0.2) is 4.79 Å². The van der Waals surface area contributed by atoms with Crippen molar-refractivity contribution in [2.45, 2.75) is 25.1 Å². The average Bonchev–Trinajstić information content (AvgIpc) is 3.24. The van der Waals surface area contributed by atoms with Crippen LogP contribution in [0, 0.1) is 0 Å². The van der Waals surface area contributed by atoms with E-state index in [-0.39, 0.29) is 11.7 Å². The van der Waals surface area contributed by atoms with Crippen molar-refractivity contribution in [1.29, 1.82) is 0 Å². The molecule has 1 aromatic heterocycles. The Kier molecular flexibility index (Phi) is 5.80. The number of nitrogens with one attached hydrogen (secondary N) is 1. The van der Waals surface area contributed by atoms with Gasteiger partial charge in [-0.1, -0.05) is 0 Å². The van der Waals surface area contributed by atoms with Crippen LogP contribution in [0.15, 0.2) is 42.7 Å². The van der Waals surface area contributed by atoms with Gasteiger partial charge in [0.05, 0.1) is 36.2 Å². The van der Waals surface area contributed by atoms with Crippen LogP contribution in [0.3, 0.4) is 0 Å². The summed E-state index contributed by atoms with van der Waals surface area (Å²) in [6.07, 6.45) is 0.492. The second-order valence-electron chi connectivity index (χ2n) is 7.39. The molecule has 0 unspecified atom stereocenters. The Bertz CT molecular complexity index is 886. The van der Waals surface area contributed by atoms with E-state index in [2.05, 4.69) is 10.3 Å². The predicted molar refractivity (Wildman–Crippen MR) is 106 cm³/mol. The Morgan fingerprint density at radius 2 is 1.83 bits per heavy atom. The lowest BCUT2D eigenvalue weighted by Crippen LogP contribution is -2.38. The summed E-state index contributed by atoms with van der Waals surface area (Å²) in [6.45, 7) is 2.63. The number of carbonyl (C=O) groups is 1. The highest BCUT2D eigenvalue weighted by Crippen LogP contribution is 2.37. The van der Waals surface area contributed by atoms with E-state index in [1.807, 2.05) is 17.0 Å². The van der Waals surface area contributed by atoms with Crippen molar-refractivity contribution in [3.63, 3.8) is 0 Å². The maximum atomic E-state index is 13.3. The molecule has 3 heterocycles. The minimum absolute atomic E-state index is 0.120. The molecule has 2 aliphatic rings. The molecule has 1 N–H and O–H groups in total. The van der Waals surface area contributed by atoms with Crippen LogP contribution in [0.25, 0.3) is 0 Å². The van der Waals surface area contributed by atoms with Crippen LogP contribution in [-0.4, -0.2) is 48.8 Å². The van der Waals surface area contributed by atoms with Crippen molar-refractivity contribution < 1.29 is 22.7 Å². The molecule has 0 bridgehead atoms. The summed E-state index contributed by atoms with van der Waals surface area (Å²) in [4.78, 5) is 20.7. The van der Waals surface area contributed by atoms with E-state index >= 15 is 0 Å². The third-order valence-electron chi connectivity index (χ3n) is 5.52. The minimum atomic E-state index is -4.49. The zero-order valence-electron chi connectivity index (χ0n) is 16.4. The number of aromatic nitrogens is 1. The van der Waals surface area contributed by atoms with Crippen molar-refractivity contribution in [3.8, 4) is 0 Å². The molecule has 2 aliphatic heterocycles. The molecule has 0 saturated carbocycles. The Morgan fingerprint density at radius 1 is 1.10 bits per heavy atom. The molecule has 0 radical (unpaired) electrons. The molecule has 4 rings (SSSR count). The number of benzene rings is 1. The molecule has 0 aliphatic carbocycles. The molecule has 2 amide bonds. The second kappa shape index (κ2) is 8.51. The first-order chi connectivity index (χ1) is 14.4. The highest BCUT2D eigenvalue weighted by molar-refractivity contribution is 5.94. The second-order valence-corrected chi connectivity index (χ2v) is 7.39. The molecule has 2 saturated heterocycles. The highest BCUT2D eigenvalue weighted by atomic mass is 19.4. The summed E-state index contributed by atoms with van der Waals surface area (Å²) in [7, 11) is 0. The number of amides is 2. The van der Waals surface area contributed by atoms with Gasteiger partial charge in [-0.15, -0.1) is 0 Å². The first-order valence-corrected chi connectivity index (χ1v) is 9.95. The third kappa shape index (κ3) is 4.35. The summed E-state index contributed by atoms with van der Waals surface area (Å²) >= 11 is 0. The molecule has 1 aromatic carbocycles. The Hall–Kier alpha value is -2.81. The molecule has 6 nitrogen and oxygen atoms in total. The largest absolute Gasteiger partial charge is 0.416 e. The van der Waals surface area contributed by atoms with Gasteiger partial charge >= 0.3 is 12.2 Å². The Labute approximate surface area is 172 Å². The number of pyridine rings is 1. The smallest absolute Gasteiger partial charge is 0.378 e. The molecule has 2 aromatic rings. The van der Waals surface area contributed by atoms with Crippen LogP contribution in [-0.2, 0) is 10.9 Å². The summed E-state index contributed by atoms with van der Waals surface area (Å²) in [5, 5.41) is 2.75. The summed E-state index contributed by atoms with van der Waals surface area (Å²) in [6, 6.07) is 6.69. The number of urea groups is 1. The quantitative estimate of drug-likeness (QED) is 0.804. The van der Waals surface area contributed by atoms with Crippen LogP contribution in [0.4, 0.5) is 29.3 Å². The third-order valence-corrected chi connectivity index (χ3v) is 5.52. The number of halogens is 3. The number of alkyl halides is 3. The molecule has 2 fully saturated rings. The number of morpholine rings is 1. The molecular formula is C21H23F3N4O2. The first kappa shape index (κ1) is 20.5. The number of likely N-dealkylation sites (tertiary alicyclic amines) is 1. The molecule has 30 heavy (non-hydrogen) atoms. The van der Waals surface area contributed by atoms with E-state index in [9.17, 15) is 18.0 Å². The zero-order valence-corrected chi connectivity index (χ0v) is 16.4. The Balaban J connectivity index is 1.61. The van der Waals surface area contributed by atoms with Gasteiger partial charge in [-0.05, 0) is 48.7 Å². The maximum absolute atomic E-state index is 13.3. The van der Waals surface area contributed by atoms with Crippen molar-refractivity contribution in [1.82, 2.24) is 9.88 Å². The number of hydrogen-bond acceptors (Lipinski definition) is 4. The predicted octanol–water partition coefficient (Wildman–Crippen LogP) is 4.31. The van der Waals surface area contributed by atoms with E-state index in [0.717, 1.165) is 30.5 Å². The fraction of sp³-hybridized carbons (Fsp3) is 0.429. The number of rotatable bonds is 3. The van der Waals surface area contributed by atoms with Gasteiger partial charge in [0.1, 0.15) is 0 Å². The SMILES string of the molecule is O=C(Nc1cc(C(F)(F)F)ccc1N1CCOCC1)N1CCC[C@H]1c1ccncc1. The van der Waals surface area contributed by atoms with Gasteiger partial charge in [0.2, 0.25) is 0 Å². The fourth-order valence-electron chi connectivity index (χ4n) is 4.02. The fourth-order valence-corrected chi connectivity index (χ4v) is 4.02. The molecular weight excluding hydrogens is 397 g/mol. The van der Waals surface area contributed by atoms with Gasteiger partial charge in [0.15, 0.2) is 0 Å². The van der Waals surface area contributed by atoms with Crippen molar-refractivity contribution >= 4 is 17.4 Å². The van der Waals surface area contributed by atoms with Crippen LogP contribution in [0.1, 0.15) is 30.0 Å². The van der Waals surface area contributed by atoms with E-state index in [4.69, 9.17) is 4.74 Å². The van der Waals surface area contributed by atoms with Crippen LogP contribution < -0.4 is 10.2 Å². The first-order valence-electron chi connectivity index (χ1n) is 9.95. The van der Waals surface area contributed by atoms with E-state index in [0.29, 0.717) is 38.5 Å². The number of carbonyl (C=O) groups excluding carboxylic acids is 1. The lowest BCUT2D eigenvalue weighted by atomic mass is 10.1. The molecule has 9 heteroatoms. The van der Waals surface area contributed by atoms with Crippen molar-refractivity contribution in [2.75, 3.05) is 43.1 Å². The average molecular weight is 420 g/mol. The zero-order chi connectivity index (χ0) is 21.1. The summed E-state index contributed by atoms with van der Waals surface area (Å²) in [5.41, 5.74) is 0.911. The van der Waals surface area contributed by atoms with E-state index < -0.39 is 17.8 Å². The van der Waals surface area contributed by atoms with Crippen molar-refractivity contribution in [3.05, 3.63) is 53.9 Å². The van der Waals surface area contributed by atoms with Gasteiger partial charge in [0.25, 0.3) is 0 Å². The van der Waals surface area contributed by atoms with Crippen LogP contribution in [0.5, 0.6) is 0 Å². The summed E-state index contributed by atoms with van der Waals surface area (Å²) < 4.78 is 45.2. The summed E-state index contributed by atoms with van der Waals surface area (Å²) in [5.74, 6) is 0. The molecule has 0 spiro atoms. The minimum Gasteiger partial charge on any atom is -0.378 e. The lowest BCUT2D eigenvalue weighted by Gasteiger charge is -2.32. The number of ether oxygens (including phenoxy) is 1. The van der Waals surface area contributed by atoms with Gasteiger partial charge in [0, 0.05) is 32.0 Å². The number of anilines is 2. The molecule has 1 atom stereocenters. The Morgan fingerprint density at radius 3 is 2.53 bits per heavy atom. The monoisotopic (exact) mass is 420 g/mol. The molecule has 160 valence electrons. The van der Waals surface area contributed by atoms with Gasteiger partial charge < -0.3 is 19.9 Å². The number of hydrogen-bond donors (Lipinski definition) is 1.